The van der Waals surface area contributed by atoms with E-state index in [1.807, 2.05) is 24.3 Å². The van der Waals surface area contributed by atoms with Gasteiger partial charge in [0.15, 0.2) is 5.96 Å². The molecule has 2 aromatic rings. The maximum absolute atomic E-state index is 5.46. The third-order valence-electron chi connectivity index (χ3n) is 4.29. The second-order valence-corrected chi connectivity index (χ2v) is 6.60. The summed E-state index contributed by atoms with van der Waals surface area (Å²) < 4.78 is 5.46. The first kappa shape index (κ1) is 25.0. The van der Waals surface area contributed by atoms with Crippen LogP contribution in [0.5, 0.6) is 5.75 Å². The van der Waals surface area contributed by atoms with Crippen LogP contribution in [-0.4, -0.2) is 44.2 Å². The fraction of sp³-hybridized carbons (Fsp3) is 0.455. The monoisotopic (exact) mass is 511 g/mol. The molecule has 160 valence electrons. The molecular weight excluding hydrogens is 477 g/mol. The van der Waals surface area contributed by atoms with E-state index in [-0.39, 0.29) is 24.0 Å². The number of nitrogens with one attached hydrogen (secondary N) is 3. The normalized spacial score (nSPS) is 10.8. The smallest absolute Gasteiger partial charge is 0.191 e. The highest BCUT2D eigenvalue weighted by atomic mass is 127. The van der Waals surface area contributed by atoms with Crippen molar-refractivity contribution in [3.05, 3.63) is 53.7 Å². The Hall–Kier alpha value is -2.03. The predicted molar refractivity (Wildman–Crippen MR) is 133 cm³/mol. The van der Waals surface area contributed by atoms with Gasteiger partial charge in [0.25, 0.3) is 0 Å². The van der Waals surface area contributed by atoms with E-state index >= 15 is 0 Å². The third-order valence-corrected chi connectivity index (χ3v) is 4.29. The molecule has 0 aliphatic rings. The number of nitrogens with zero attached hydrogens (tertiary/aromatic N) is 2. The summed E-state index contributed by atoms with van der Waals surface area (Å²) in [4.78, 5) is 8.93. The van der Waals surface area contributed by atoms with Crippen LogP contribution in [-0.2, 0) is 6.42 Å². The molecule has 0 spiro atoms. The number of anilines is 1. The minimum Gasteiger partial charge on any atom is -0.496 e. The van der Waals surface area contributed by atoms with Crippen LogP contribution < -0.4 is 20.7 Å². The highest BCUT2D eigenvalue weighted by molar-refractivity contribution is 14.0. The van der Waals surface area contributed by atoms with Crippen LogP contribution in [0.2, 0.25) is 0 Å². The molecular formula is C22H34IN5O. The lowest BCUT2D eigenvalue weighted by Gasteiger charge is -2.13. The van der Waals surface area contributed by atoms with Crippen LogP contribution in [0.1, 0.15) is 30.9 Å². The molecule has 1 aromatic carbocycles. The van der Waals surface area contributed by atoms with Gasteiger partial charge >= 0.3 is 0 Å². The highest BCUT2D eigenvalue weighted by Crippen LogP contribution is 2.19. The molecule has 1 aromatic heterocycles. The van der Waals surface area contributed by atoms with Gasteiger partial charge in [-0.15, -0.1) is 24.0 Å². The summed E-state index contributed by atoms with van der Waals surface area (Å²) in [5, 5.41) is 10.0. The molecule has 0 fully saturated rings. The number of halogens is 1. The summed E-state index contributed by atoms with van der Waals surface area (Å²) in [7, 11) is 1.72. The van der Waals surface area contributed by atoms with E-state index in [4.69, 9.17) is 4.74 Å². The Labute approximate surface area is 192 Å². The van der Waals surface area contributed by atoms with Crippen molar-refractivity contribution in [3.8, 4) is 5.75 Å². The molecule has 0 unspecified atom stereocenters. The molecule has 0 aliphatic carbocycles. The number of aliphatic imine (C=N–C) groups is 1. The summed E-state index contributed by atoms with van der Waals surface area (Å²) in [6.07, 6.45) is 4.78. The zero-order valence-electron chi connectivity index (χ0n) is 17.7. The first-order valence-electron chi connectivity index (χ1n) is 10.0. The maximum Gasteiger partial charge on any atom is 0.191 e. The van der Waals surface area contributed by atoms with E-state index in [0.29, 0.717) is 0 Å². The van der Waals surface area contributed by atoms with Gasteiger partial charge in [0.2, 0.25) is 0 Å². The number of unbranched alkanes of at least 4 members (excludes halogenated alkanes) is 1. The second-order valence-electron chi connectivity index (χ2n) is 6.60. The average Bonchev–Trinajstić information content (AvgIpc) is 2.71. The molecule has 0 bridgehead atoms. The zero-order chi connectivity index (χ0) is 20.0. The van der Waals surface area contributed by atoms with Crippen molar-refractivity contribution < 1.29 is 4.74 Å². The van der Waals surface area contributed by atoms with Crippen molar-refractivity contribution in [2.45, 2.75) is 33.1 Å². The summed E-state index contributed by atoms with van der Waals surface area (Å²) in [6, 6.07) is 12.2. The van der Waals surface area contributed by atoms with E-state index in [1.165, 1.54) is 11.1 Å². The van der Waals surface area contributed by atoms with Crippen molar-refractivity contribution in [1.29, 1.82) is 0 Å². The fourth-order valence-electron chi connectivity index (χ4n) is 2.87. The van der Waals surface area contributed by atoms with Gasteiger partial charge in [0.05, 0.1) is 7.11 Å². The number of pyridine rings is 1. The van der Waals surface area contributed by atoms with Crippen LogP contribution >= 0.6 is 24.0 Å². The van der Waals surface area contributed by atoms with E-state index in [1.54, 1.807) is 13.3 Å². The Bertz CT molecular complexity index is 724. The highest BCUT2D eigenvalue weighted by Gasteiger charge is 2.04. The Morgan fingerprint density at radius 3 is 2.69 bits per heavy atom. The molecule has 1 heterocycles. The van der Waals surface area contributed by atoms with Gasteiger partial charge in [-0.3, -0.25) is 4.99 Å². The van der Waals surface area contributed by atoms with Gasteiger partial charge < -0.3 is 20.7 Å². The van der Waals surface area contributed by atoms with Crippen molar-refractivity contribution >= 4 is 35.8 Å². The maximum atomic E-state index is 5.46. The number of guanidine groups is 1. The van der Waals surface area contributed by atoms with Crippen LogP contribution in [0.15, 0.2) is 47.6 Å². The second kappa shape index (κ2) is 14.9. The molecule has 0 amide bonds. The fourth-order valence-corrected chi connectivity index (χ4v) is 2.87. The number of benzene rings is 1. The van der Waals surface area contributed by atoms with Crippen molar-refractivity contribution in [1.82, 2.24) is 15.6 Å². The minimum absolute atomic E-state index is 0. The average molecular weight is 511 g/mol. The molecule has 0 atom stereocenters. The van der Waals surface area contributed by atoms with E-state index < -0.39 is 0 Å². The molecule has 0 saturated heterocycles. The number of methoxy groups -OCH3 is 1. The van der Waals surface area contributed by atoms with Crippen LogP contribution in [0, 0.1) is 6.92 Å². The van der Waals surface area contributed by atoms with Gasteiger partial charge in [-0.25, -0.2) is 4.98 Å². The number of aromatic nitrogens is 1. The van der Waals surface area contributed by atoms with E-state index in [9.17, 15) is 0 Å². The molecule has 0 radical (unpaired) electrons. The zero-order valence-corrected chi connectivity index (χ0v) is 20.0. The molecule has 0 saturated carbocycles. The van der Waals surface area contributed by atoms with Gasteiger partial charge in [-0.2, -0.15) is 0 Å². The molecule has 7 heteroatoms. The number of hydrogen-bond acceptors (Lipinski definition) is 4. The first-order valence-corrected chi connectivity index (χ1v) is 10.0. The lowest BCUT2D eigenvalue weighted by atomic mass is 10.1. The van der Waals surface area contributed by atoms with E-state index in [2.05, 4.69) is 51.9 Å². The van der Waals surface area contributed by atoms with Crippen molar-refractivity contribution in [2.24, 2.45) is 4.99 Å². The number of ether oxygens (including phenoxy) is 1. The van der Waals surface area contributed by atoms with E-state index in [0.717, 1.165) is 63.0 Å². The van der Waals surface area contributed by atoms with Gasteiger partial charge in [0, 0.05) is 32.4 Å². The van der Waals surface area contributed by atoms with Gasteiger partial charge in [-0.05, 0) is 56.9 Å². The SMILES string of the molecule is CCNC(=NCCCCNc1ccccn1)NCCc1cc(C)ccc1OC.I. The van der Waals surface area contributed by atoms with Crippen LogP contribution in [0.3, 0.4) is 0 Å². The lowest BCUT2D eigenvalue weighted by molar-refractivity contribution is 0.409. The molecule has 29 heavy (non-hydrogen) atoms. The predicted octanol–water partition coefficient (Wildman–Crippen LogP) is 4.01. The minimum atomic E-state index is 0. The van der Waals surface area contributed by atoms with Crippen molar-refractivity contribution in [2.75, 3.05) is 38.6 Å². The standard InChI is InChI=1S/C22H33N5O.HI/c1-4-23-22(26-15-8-7-14-25-21-9-5-6-13-24-21)27-16-12-19-17-18(2)10-11-20(19)28-3;/h5-6,9-11,13,17H,4,7-8,12,14-16H2,1-3H3,(H,24,25)(H2,23,26,27);1H. The summed E-state index contributed by atoms with van der Waals surface area (Å²) >= 11 is 0. The largest absolute Gasteiger partial charge is 0.496 e. The van der Waals surface area contributed by atoms with Crippen molar-refractivity contribution in [3.63, 3.8) is 0 Å². The Morgan fingerprint density at radius 2 is 1.97 bits per heavy atom. The van der Waals surface area contributed by atoms with Crippen LogP contribution in [0.25, 0.3) is 0 Å². The Morgan fingerprint density at radius 1 is 1.10 bits per heavy atom. The number of hydrogen-bond donors (Lipinski definition) is 3. The topological polar surface area (TPSA) is 70.6 Å². The Balaban J connectivity index is 0.00000420. The molecule has 2 rings (SSSR count). The quantitative estimate of drug-likeness (QED) is 0.184. The van der Waals surface area contributed by atoms with Crippen LogP contribution in [0.4, 0.5) is 5.82 Å². The molecule has 3 N–H and O–H groups in total. The van der Waals surface area contributed by atoms with Gasteiger partial charge in [0.1, 0.15) is 11.6 Å². The molecule has 6 nitrogen and oxygen atoms in total. The number of aryl methyl sites for hydroxylation is 1. The van der Waals surface area contributed by atoms with Gasteiger partial charge in [-0.1, -0.05) is 23.8 Å². The third kappa shape index (κ3) is 9.83. The summed E-state index contributed by atoms with van der Waals surface area (Å²) in [6.45, 7) is 7.55. The number of rotatable bonds is 11. The summed E-state index contributed by atoms with van der Waals surface area (Å²) in [5.41, 5.74) is 2.46. The molecule has 0 aliphatic heterocycles. The Kier molecular flexibility index (Phi) is 12.8. The first-order chi connectivity index (χ1) is 13.7. The summed E-state index contributed by atoms with van der Waals surface area (Å²) in [5.74, 6) is 2.73. The lowest BCUT2D eigenvalue weighted by Crippen LogP contribution is -2.38.